The van der Waals surface area contributed by atoms with E-state index in [-0.39, 0.29) is 6.42 Å². The number of ether oxygens (including phenoxy) is 2. The van der Waals surface area contributed by atoms with Crippen LogP contribution in [0.3, 0.4) is 0 Å². The highest BCUT2D eigenvalue weighted by Crippen LogP contribution is 2.42. The van der Waals surface area contributed by atoms with Gasteiger partial charge in [-0.1, -0.05) is 30.3 Å². The minimum absolute atomic E-state index is 0.301. The van der Waals surface area contributed by atoms with Gasteiger partial charge in [-0.05, 0) is 0 Å². The number of alkyl halides is 3. The summed E-state index contributed by atoms with van der Waals surface area (Å²) in [6, 6.07) is 4.89. The van der Waals surface area contributed by atoms with Gasteiger partial charge in [0.2, 0.25) is 0 Å². The van der Waals surface area contributed by atoms with Crippen LogP contribution in [-0.2, 0) is 24.7 Å². The Kier molecular flexibility index (Phi) is 6.73. The quantitative estimate of drug-likeness (QED) is 0.721. The first-order valence-electron chi connectivity index (χ1n) is 6.91. The third-order valence-electron chi connectivity index (χ3n) is 3.41. The summed E-state index contributed by atoms with van der Waals surface area (Å²) >= 11 is 0. The monoisotopic (exact) mass is 349 g/mol. The van der Waals surface area contributed by atoms with Crippen molar-refractivity contribution in [2.24, 2.45) is 0 Å². The molecule has 1 amide bonds. The van der Waals surface area contributed by atoms with Crippen LogP contribution in [0, 0.1) is 0 Å². The van der Waals surface area contributed by atoms with Crippen LogP contribution in [0.4, 0.5) is 13.2 Å². The molecule has 0 spiro atoms. The van der Waals surface area contributed by atoms with Crippen LogP contribution >= 0.6 is 0 Å². The number of carbonyl (C=O) groups excluding carboxylic acids is 2. The van der Waals surface area contributed by atoms with Crippen LogP contribution in [0.5, 0.6) is 0 Å². The van der Waals surface area contributed by atoms with Crippen molar-refractivity contribution in [3.63, 3.8) is 0 Å². The number of benzene rings is 1. The largest absolute Gasteiger partial charge is 0.467 e. The molecule has 0 fully saturated rings. The number of rotatable bonds is 7. The van der Waals surface area contributed by atoms with Crippen LogP contribution in [0.1, 0.15) is 12.0 Å². The molecule has 2 N–H and O–H groups in total. The van der Waals surface area contributed by atoms with Gasteiger partial charge >= 0.3 is 12.1 Å². The molecule has 9 heteroatoms. The molecule has 2 atom stereocenters. The second kappa shape index (κ2) is 8.11. The fourth-order valence-corrected chi connectivity index (χ4v) is 2.20. The average molecular weight is 349 g/mol. The van der Waals surface area contributed by atoms with Gasteiger partial charge in [0, 0.05) is 25.7 Å². The zero-order valence-electron chi connectivity index (χ0n) is 13.1. The van der Waals surface area contributed by atoms with E-state index in [9.17, 15) is 22.8 Å². The molecule has 0 bridgehead atoms. The number of esters is 1. The number of hydrogen-bond donors (Lipinski definition) is 2. The topological polar surface area (TPSA) is 84.9 Å². The summed E-state index contributed by atoms with van der Waals surface area (Å²) in [4.78, 5) is 24.0. The van der Waals surface area contributed by atoms with Crippen LogP contribution in [0.2, 0.25) is 0 Å². The molecule has 0 aromatic heterocycles. The highest BCUT2D eigenvalue weighted by molar-refractivity contribution is 5.91. The van der Waals surface area contributed by atoms with Crippen LogP contribution < -0.4 is 5.32 Å². The number of aliphatic hydroxyl groups is 1. The van der Waals surface area contributed by atoms with Gasteiger partial charge < -0.3 is 19.9 Å². The Morgan fingerprint density at radius 3 is 2.21 bits per heavy atom. The maximum Gasteiger partial charge on any atom is 0.430 e. The predicted octanol–water partition coefficient (Wildman–Crippen LogP) is 1.13. The molecule has 1 rings (SSSR count). The molecule has 0 heterocycles. The van der Waals surface area contributed by atoms with Gasteiger partial charge in [0.25, 0.3) is 11.5 Å². The van der Waals surface area contributed by atoms with Crippen LogP contribution in [-0.4, -0.2) is 50.0 Å². The van der Waals surface area contributed by atoms with E-state index in [4.69, 9.17) is 5.11 Å². The molecule has 1 aromatic carbocycles. The van der Waals surface area contributed by atoms with Crippen molar-refractivity contribution in [2.45, 2.75) is 24.2 Å². The molecule has 0 aliphatic carbocycles. The Labute approximate surface area is 136 Å². The molecule has 0 radical (unpaired) electrons. The number of carbonyl (C=O) groups is 2. The molecule has 0 aliphatic rings. The molecule has 134 valence electrons. The maximum absolute atomic E-state index is 13.7. The van der Waals surface area contributed by atoms with Crippen molar-refractivity contribution in [1.82, 2.24) is 5.32 Å². The SMILES string of the molecule is COC(=O)[C@H](CCO)NC(=O)[C@@](OC)(c1ccccc1)C(F)(F)F. The van der Waals surface area contributed by atoms with Gasteiger partial charge in [-0.25, -0.2) is 4.79 Å². The Morgan fingerprint density at radius 2 is 1.79 bits per heavy atom. The van der Waals surface area contributed by atoms with E-state index in [0.29, 0.717) is 0 Å². The van der Waals surface area contributed by atoms with Crippen LogP contribution in [0.25, 0.3) is 0 Å². The second-order valence-electron chi connectivity index (χ2n) is 4.81. The molecule has 1 aromatic rings. The van der Waals surface area contributed by atoms with Gasteiger partial charge in [-0.2, -0.15) is 13.2 Å². The normalized spacial score (nSPS) is 15.2. The fourth-order valence-electron chi connectivity index (χ4n) is 2.20. The minimum Gasteiger partial charge on any atom is -0.467 e. The van der Waals surface area contributed by atoms with E-state index in [0.717, 1.165) is 26.4 Å². The van der Waals surface area contributed by atoms with E-state index in [1.165, 1.54) is 18.2 Å². The van der Waals surface area contributed by atoms with E-state index in [2.05, 4.69) is 9.47 Å². The molecular weight excluding hydrogens is 331 g/mol. The average Bonchev–Trinajstić information content (AvgIpc) is 2.54. The Morgan fingerprint density at radius 1 is 1.21 bits per heavy atom. The lowest BCUT2D eigenvalue weighted by Gasteiger charge is -2.34. The highest BCUT2D eigenvalue weighted by Gasteiger charge is 2.63. The fraction of sp³-hybridized carbons (Fsp3) is 0.467. The first-order valence-corrected chi connectivity index (χ1v) is 6.91. The van der Waals surface area contributed by atoms with Crippen LogP contribution in [0.15, 0.2) is 30.3 Å². The molecular formula is C15H18F3NO5. The zero-order valence-corrected chi connectivity index (χ0v) is 13.1. The first-order chi connectivity index (χ1) is 11.2. The summed E-state index contributed by atoms with van der Waals surface area (Å²) in [5, 5.41) is 10.9. The maximum atomic E-state index is 13.7. The van der Waals surface area contributed by atoms with Crippen molar-refractivity contribution in [3.05, 3.63) is 35.9 Å². The lowest BCUT2D eigenvalue weighted by Crippen LogP contribution is -2.58. The number of nitrogens with one attached hydrogen (secondary N) is 1. The van der Waals surface area contributed by atoms with Gasteiger partial charge in [0.05, 0.1) is 7.11 Å². The molecule has 0 unspecified atom stereocenters. The standard InChI is InChI=1S/C15H18F3NO5/c1-23-12(21)11(8-9-20)19-13(22)14(24-2,15(16,17)18)10-6-4-3-5-7-10/h3-7,11,20H,8-9H2,1-2H3,(H,19,22)/t11-,14-/m0/s1. The summed E-state index contributed by atoms with van der Waals surface area (Å²) in [7, 11) is 1.77. The first kappa shape index (κ1) is 19.9. The third kappa shape index (κ3) is 3.85. The smallest absolute Gasteiger partial charge is 0.430 e. The van der Waals surface area contributed by atoms with Gasteiger partial charge in [-0.15, -0.1) is 0 Å². The zero-order chi connectivity index (χ0) is 18.4. The van der Waals surface area contributed by atoms with Crippen molar-refractivity contribution >= 4 is 11.9 Å². The number of hydrogen-bond acceptors (Lipinski definition) is 5. The third-order valence-corrected chi connectivity index (χ3v) is 3.41. The summed E-state index contributed by atoms with van der Waals surface area (Å²) < 4.78 is 50.0. The van der Waals surface area contributed by atoms with Crippen molar-refractivity contribution in [3.8, 4) is 0 Å². The molecule has 0 saturated heterocycles. The molecule has 24 heavy (non-hydrogen) atoms. The minimum atomic E-state index is -5.09. The second-order valence-corrected chi connectivity index (χ2v) is 4.81. The summed E-state index contributed by atoms with van der Waals surface area (Å²) in [5.41, 5.74) is -3.74. The lowest BCUT2D eigenvalue weighted by atomic mass is 9.91. The number of amides is 1. The lowest BCUT2D eigenvalue weighted by molar-refractivity contribution is -0.266. The van der Waals surface area contributed by atoms with Gasteiger partial charge in [0.15, 0.2) is 0 Å². The van der Waals surface area contributed by atoms with Crippen molar-refractivity contribution < 1.29 is 37.3 Å². The summed E-state index contributed by atoms with van der Waals surface area (Å²) in [6.07, 6.45) is -5.39. The van der Waals surface area contributed by atoms with E-state index < -0.39 is 41.9 Å². The molecule has 6 nitrogen and oxygen atoms in total. The number of halogens is 3. The molecule has 0 aliphatic heterocycles. The Balaban J connectivity index is 3.29. The van der Waals surface area contributed by atoms with Crippen molar-refractivity contribution in [1.29, 1.82) is 0 Å². The Hall–Kier alpha value is -2.13. The Bertz CT molecular complexity index is 564. The summed E-state index contributed by atoms with van der Waals surface area (Å²) in [5.74, 6) is -2.55. The van der Waals surface area contributed by atoms with Gasteiger partial charge in [0.1, 0.15) is 6.04 Å². The molecule has 0 saturated carbocycles. The van der Waals surface area contributed by atoms with Crippen molar-refractivity contribution in [2.75, 3.05) is 20.8 Å². The number of methoxy groups -OCH3 is 2. The highest BCUT2D eigenvalue weighted by atomic mass is 19.4. The van der Waals surface area contributed by atoms with E-state index in [1.807, 2.05) is 5.32 Å². The summed E-state index contributed by atoms with van der Waals surface area (Å²) in [6.45, 7) is -0.530. The van der Waals surface area contributed by atoms with E-state index in [1.54, 1.807) is 0 Å². The van der Waals surface area contributed by atoms with E-state index >= 15 is 0 Å². The predicted molar refractivity (Wildman–Crippen MR) is 76.8 cm³/mol. The number of aliphatic hydroxyl groups excluding tert-OH is 1. The van der Waals surface area contributed by atoms with Gasteiger partial charge in [-0.3, -0.25) is 4.79 Å².